The van der Waals surface area contributed by atoms with Gasteiger partial charge >= 0.3 is 0 Å². The first-order valence-corrected chi connectivity index (χ1v) is 9.21. The van der Waals surface area contributed by atoms with Gasteiger partial charge in [-0.15, -0.1) is 21.5 Å². The van der Waals surface area contributed by atoms with Gasteiger partial charge in [-0.25, -0.2) is 0 Å². The van der Waals surface area contributed by atoms with Gasteiger partial charge in [0, 0.05) is 34.6 Å². The van der Waals surface area contributed by atoms with E-state index in [2.05, 4.69) is 29.4 Å². The number of anilines is 1. The molecule has 2 aromatic rings. The van der Waals surface area contributed by atoms with Gasteiger partial charge in [0.05, 0.1) is 0 Å². The first kappa shape index (κ1) is 17.7. The summed E-state index contributed by atoms with van der Waals surface area (Å²) in [6, 6.07) is 1.89. The summed E-state index contributed by atoms with van der Waals surface area (Å²) in [5.74, 6) is 0.316. The molecular formula is C16H21N3O2S2. The molecule has 23 heavy (non-hydrogen) atoms. The molecule has 0 aromatic carbocycles. The summed E-state index contributed by atoms with van der Waals surface area (Å²) in [5.41, 5.74) is 0.732. The Balaban J connectivity index is 1.84. The van der Waals surface area contributed by atoms with Crippen LogP contribution in [0.25, 0.3) is 0 Å². The number of carbonyl (C=O) groups excluding carboxylic acids is 2. The van der Waals surface area contributed by atoms with E-state index in [1.54, 1.807) is 11.3 Å². The van der Waals surface area contributed by atoms with E-state index in [-0.39, 0.29) is 24.5 Å². The van der Waals surface area contributed by atoms with Crippen LogP contribution in [0.2, 0.25) is 0 Å². The molecule has 0 spiro atoms. The molecule has 0 bridgehead atoms. The number of ketones is 1. The molecule has 0 fully saturated rings. The van der Waals surface area contributed by atoms with E-state index in [0.717, 1.165) is 26.7 Å². The zero-order valence-electron chi connectivity index (χ0n) is 13.8. The maximum Gasteiger partial charge on any atom is 0.226 e. The molecule has 7 heteroatoms. The SMILES string of the molecule is Cc1cc(C(=O)CCC(=O)Nc2nnc(CC(C)C)s2)c(C)s1. The summed E-state index contributed by atoms with van der Waals surface area (Å²) < 4.78 is 0. The maximum atomic E-state index is 12.2. The normalized spacial score (nSPS) is 11.0. The van der Waals surface area contributed by atoms with Gasteiger partial charge in [0.2, 0.25) is 11.0 Å². The van der Waals surface area contributed by atoms with Crippen LogP contribution in [-0.4, -0.2) is 21.9 Å². The number of hydrogen-bond donors (Lipinski definition) is 1. The molecule has 0 aliphatic carbocycles. The third kappa shape index (κ3) is 5.21. The van der Waals surface area contributed by atoms with Gasteiger partial charge in [0.25, 0.3) is 0 Å². The van der Waals surface area contributed by atoms with Crippen molar-refractivity contribution < 1.29 is 9.59 Å². The Hall–Kier alpha value is -1.60. The second kappa shape index (κ2) is 7.79. The average Bonchev–Trinajstić information content (AvgIpc) is 3.01. The Bertz CT molecular complexity index is 704. The summed E-state index contributed by atoms with van der Waals surface area (Å²) >= 11 is 2.99. The molecule has 2 rings (SSSR count). The van der Waals surface area contributed by atoms with Gasteiger partial charge in [0.1, 0.15) is 5.01 Å². The van der Waals surface area contributed by atoms with Crippen LogP contribution in [0.4, 0.5) is 5.13 Å². The molecule has 5 nitrogen and oxygen atoms in total. The second-order valence-corrected chi connectivity index (χ2v) is 8.42. The minimum absolute atomic E-state index is 0.0137. The highest BCUT2D eigenvalue weighted by atomic mass is 32.1. The van der Waals surface area contributed by atoms with Crippen LogP contribution in [0.5, 0.6) is 0 Å². The summed E-state index contributed by atoms with van der Waals surface area (Å²) in [6.07, 6.45) is 1.22. The zero-order chi connectivity index (χ0) is 17.0. The highest BCUT2D eigenvalue weighted by Gasteiger charge is 2.15. The molecule has 1 N–H and O–H groups in total. The summed E-state index contributed by atoms with van der Waals surface area (Å²) in [5, 5.41) is 12.2. The van der Waals surface area contributed by atoms with Crippen LogP contribution in [0, 0.1) is 19.8 Å². The molecule has 2 heterocycles. The van der Waals surface area contributed by atoms with E-state index < -0.39 is 0 Å². The average molecular weight is 351 g/mol. The fourth-order valence-electron chi connectivity index (χ4n) is 2.19. The van der Waals surface area contributed by atoms with Crippen LogP contribution < -0.4 is 5.32 Å². The Kier molecular flexibility index (Phi) is 6.01. The maximum absolute atomic E-state index is 12.2. The fourth-order valence-corrected chi connectivity index (χ4v) is 4.10. The number of amides is 1. The van der Waals surface area contributed by atoms with Gasteiger partial charge in [-0.3, -0.25) is 9.59 Å². The van der Waals surface area contributed by atoms with Crippen molar-refractivity contribution in [2.75, 3.05) is 5.32 Å². The van der Waals surface area contributed by atoms with Crippen LogP contribution in [0.3, 0.4) is 0 Å². The largest absolute Gasteiger partial charge is 0.301 e. The number of thiophene rings is 1. The van der Waals surface area contributed by atoms with E-state index in [1.807, 2.05) is 19.9 Å². The second-order valence-electron chi connectivity index (χ2n) is 5.90. The highest BCUT2D eigenvalue weighted by Crippen LogP contribution is 2.23. The lowest BCUT2D eigenvalue weighted by Crippen LogP contribution is -2.13. The molecule has 124 valence electrons. The topological polar surface area (TPSA) is 72.0 Å². The number of Topliss-reactive ketones (excluding diaryl/α,β-unsaturated/α-hetero) is 1. The molecule has 0 saturated carbocycles. The monoisotopic (exact) mass is 351 g/mol. The lowest BCUT2D eigenvalue weighted by molar-refractivity contribution is -0.116. The summed E-state index contributed by atoms with van der Waals surface area (Å²) in [6.45, 7) is 8.13. The van der Waals surface area contributed by atoms with Crippen LogP contribution in [-0.2, 0) is 11.2 Å². The number of hydrogen-bond acceptors (Lipinski definition) is 6. The Morgan fingerprint density at radius 3 is 2.52 bits per heavy atom. The number of aryl methyl sites for hydroxylation is 2. The lowest BCUT2D eigenvalue weighted by atomic mass is 10.1. The van der Waals surface area contributed by atoms with Crippen molar-refractivity contribution in [3.63, 3.8) is 0 Å². The molecular weight excluding hydrogens is 330 g/mol. The number of nitrogens with zero attached hydrogens (tertiary/aromatic N) is 2. The van der Waals surface area contributed by atoms with E-state index in [4.69, 9.17) is 0 Å². The third-order valence-corrected chi connectivity index (χ3v) is 5.04. The van der Waals surface area contributed by atoms with Crippen molar-refractivity contribution in [3.8, 4) is 0 Å². The number of aromatic nitrogens is 2. The van der Waals surface area contributed by atoms with Crippen LogP contribution in [0.1, 0.15) is 51.8 Å². The van der Waals surface area contributed by atoms with Crippen molar-refractivity contribution in [3.05, 3.63) is 26.4 Å². The van der Waals surface area contributed by atoms with Crippen LogP contribution >= 0.6 is 22.7 Å². The van der Waals surface area contributed by atoms with Crippen molar-refractivity contribution in [2.45, 2.75) is 47.0 Å². The minimum Gasteiger partial charge on any atom is -0.301 e. The molecule has 0 radical (unpaired) electrons. The molecule has 2 aromatic heterocycles. The summed E-state index contributed by atoms with van der Waals surface area (Å²) in [4.78, 5) is 26.2. The van der Waals surface area contributed by atoms with Gasteiger partial charge < -0.3 is 5.32 Å². The predicted molar refractivity (Wildman–Crippen MR) is 94.4 cm³/mol. The van der Waals surface area contributed by atoms with Gasteiger partial charge in [-0.1, -0.05) is 25.2 Å². The number of nitrogens with one attached hydrogen (secondary N) is 1. The Labute approximate surface area is 144 Å². The fraction of sp³-hybridized carbons (Fsp3) is 0.500. The molecule has 0 aliphatic heterocycles. The van der Waals surface area contributed by atoms with Crippen molar-refractivity contribution in [1.29, 1.82) is 0 Å². The Morgan fingerprint density at radius 2 is 1.91 bits per heavy atom. The first-order chi connectivity index (χ1) is 10.8. The minimum atomic E-state index is -0.199. The predicted octanol–water partition coefficient (Wildman–Crippen LogP) is 4.02. The van der Waals surface area contributed by atoms with Gasteiger partial charge in [-0.2, -0.15) is 0 Å². The smallest absolute Gasteiger partial charge is 0.226 e. The quantitative estimate of drug-likeness (QED) is 0.765. The van der Waals surface area contributed by atoms with E-state index in [0.29, 0.717) is 11.0 Å². The highest BCUT2D eigenvalue weighted by molar-refractivity contribution is 7.15. The molecule has 0 saturated heterocycles. The van der Waals surface area contributed by atoms with E-state index in [9.17, 15) is 9.59 Å². The number of carbonyl (C=O) groups is 2. The van der Waals surface area contributed by atoms with Gasteiger partial charge in [-0.05, 0) is 25.8 Å². The molecule has 0 atom stereocenters. The van der Waals surface area contributed by atoms with Gasteiger partial charge in [0.15, 0.2) is 5.78 Å². The Morgan fingerprint density at radius 1 is 1.17 bits per heavy atom. The third-order valence-electron chi connectivity index (χ3n) is 3.22. The number of rotatable bonds is 7. The van der Waals surface area contributed by atoms with E-state index >= 15 is 0 Å². The lowest BCUT2D eigenvalue weighted by Gasteiger charge is -2.01. The zero-order valence-corrected chi connectivity index (χ0v) is 15.4. The molecule has 0 aliphatic rings. The van der Waals surface area contributed by atoms with Crippen molar-refractivity contribution >= 4 is 39.5 Å². The van der Waals surface area contributed by atoms with E-state index in [1.165, 1.54) is 11.3 Å². The first-order valence-electron chi connectivity index (χ1n) is 7.57. The summed E-state index contributed by atoms with van der Waals surface area (Å²) in [7, 11) is 0. The molecule has 1 amide bonds. The molecule has 0 unspecified atom stereocenters. The van der Waals surface area contributed by atoms with Crippen LogP contribution in [0.15, 0.2) is 6.07 Å². The van der Waals surface area contributed by atoms with Crippen molar-refractivity contribution in [1.82, 2.24) is 10.2 Å². The van der Waals surface area contributed by atoms with Crippen molar-refractivity contribution in [2.24, 2.45) is 5.92 Å². The standard InChI is InChI=1S/C16H21N3O2S2/c1-9(2)7-15-18-19-16(23-15)17-14(21)6-5-13(20)12-8-10(3)22-11(12)4/h8-9H,5-7H2,1-4H3,(H,17,19,21).